The summed E-state index contributed by atoms with van der Waals surface area (Å²) in [6.07, 6.45) is 0.00818. The predicted molar refractivity (Wildman–Crippen MR) is 103 cm³/mol. The topological polar surface area (TPSA) is 102 Å². The Morgan fingerprint density at radius 2 is 1.75 bits per heavy atom. The summed E-state index contributed by atoms with van der Waals surface area (Å²) in [6.45, 7) is 5.09. The summed E-state index contributed by atoms with van der Waals surface area (Å²) in [4.78, 5) is 34.3. The second kappa shape index (κ2) is 9.03. The molecule has 0 heterocycles. The van der Waals surface area contributed by atoms with Gasteiger partial charge in [-0.25, -0.2) is 9.59 Å². The molecule has 0 unspecified atom stereocenters. The van der Waals surface area contributed by atoms with Crippen LogP contribution in [0.2, 0.25) is 0 Å². The molecule has 2 aromatic carbocycles. The zero-order valence-electron chi connectivity index (χ0n) is 16.0. The van der Waals surface area contributed by atoms with Crippen LogP contribution in [0.3, 0.4) is 0 Å². The van der Waals surface area contributed by atoms with Crippen LogP contribution in [0, 0.1) is 0 Å². The van der Waals surface area contributed by atoms with E-state index in [1.807, 2.05) is 0 Å². The van der Waals surface area contributed by atoms with Gasteiger partial charge in [0, 0.05) is 6.42 Å². The molecular formula is C21H23NO6. The number of hydrogen-bond acceptors (Lipinski definition) is 5. The first-order valence-electron chi connectivity index (χ1n) is 8.71. The minimum Gasteiger partial charge on any atom is -0.480 e. The number of hydrogen-bond donors (Lipinski definition) is 2. The Kier molecular flexibility index (Phi) is 6.76. The van der Waals surface area contributed by atoms with Crippen molar-refractivity contribution in [3.05, 3.63) is 59.7 Å². The number of para-hydroxylation sites is 1. The number of carbonyl (C=O) groups is 3. The van der Waals surface area contributed by atoms with Crippen LogP contribution in [0.25, 0.3) is 0 Å². The third kappa shape index (κ3) is 6.42. The van der Waals surface area contributed by atoms with Gasteiger partial charge in [-0.2, -0.15) is 0 Å². The van der Waals surface area contributed by atoms with Gasteiger partial charge >= 0.3 is 12.1 Å². The summed E-state index contributed by atoms with van der Waals surface area (Å²) in [5.74, 6) is -0.226. The fourth-order valence-corrected chi connectivity index (χ4v) is 2.38. The Bertz CT molecular complexity index is 839. The molecular weight excluding hydrogens is 362 g/mol. The van der Waals surface area contributed by atoms with Gasteiger partial charge in [0.2, 0.25) is 0 Å². The Morgan fingerprint density at radius 1 is 1.11 bits per heavy atom. The third-order valence-electron chi connectivity index (χ3n) is 3.63. The van der Waals surface area contributed by atoms with Crippen molar-refractivity contribution < 1.29 is 29.0 Å². The molecule has 0 aliphatic heterocycles. The number of carboxylic acids is 1. The van der Waals surface area contributed by atoms with E-state index in [1.54, 1.807) is 69.3 Å². The molecule has 0 radical (unpaired) electrons. The second-order valence-corrected chi connectivity index (χ2v) is 7.14. The van der Waals surface area contributed by atoms with Gasteiger partial charge in [-0.15, -0.1) is 0 Å². The molecule has 0 aliphatic carbocycles. The van der Waals surface area contributed by atoms with Crippen molar-refractivity contribution in [3.8, 4) is 11.5 Å². The Labute approximate surface area is 163 Å². The summed E-state index contributed by atoms with van der Waals surface area (Å²) in [7, 11) is 0. The molecule has 0 fully saturated rings. The number of carbonyl (C=O) groups excluding carboxylic acids is 2. The molecule has 0 aromatic heterocycles. The molecule has 148 valence electrons. The third-order valence-corrected chi connectivity index (χ3v) is 3.63. The van der Waals surface area contributed by atoms with E-state index in [-0.39, 0.29) is 6.42 Å². The monoisotopic (exact) mass is 385 g/mol. The van der Waals surface area contributed by atoms with Crippen molar-refractivity contribution in [1.82, 2.24) is 5.32 Å². The summed E-state index contributed by atoms with van der Waals surface area (Å²) in [5.41, 5.74) is 0.405. The van der Waals surface area contributed by atoms with E-state index >= 15 is 0 Å². The smallest absolute Gasteiger partial charge is 0.408 e. The quantitative estimate of drug-likeness (QED) is 0.703. The predicted octanol–water partition coefficient (Wildman–Crippen LogP) is 3.81. The molecule has 1 atom stereocenters. The normalized spacial score (nSPS) is 12.0. The first-order valence-corrected chi connectivity index (χ1v) is 8.71. The average Bonchev–Trinajstić information content (AvgIpc) is 2.61. The van der Waals surface area contributed by atoms with E-state index in [1.165, 1.54) is 0 Å². The van der Waals surface area contributed by atoms with Crippen LogP contribution in [0.15, 0.2) is 48.5 Å². The lowest BCUT2D eigenvalue weighted by Gasteiger charge is -2.22. The zero-order chi connectivity index (χ0) is 20.7. The van der Waals surface area contributed by atoms with Crippen molar-refractivity contribution in [2.45, 2.75) is 38.8 Å². The number of aliphatic carboxylic acids is 1. The lowest BCUT2D eigenvalue weighted by molar-refractivity contribution is -0.139. The van der Waals surface area contributed by atoms with Crippen LogP contribution in [-0.4, -0.2) is 35.1 Å². The van der Waals surface area contributed by atoms with Crippen LogP contribution in [0.1, 0.15) is 36.7 Å². The van der Waals surface area contributed by atoms with E-state index in [4.69, 9.17) is 9.47 Å². The van der Waals surface area contributed by atoms with Gasteiger partial charge in [-0.05, 0) is 50.6 Å². The highest BCUT2D eigenvalue weighted by molar-refractivity contribution is 5.80. The summed E-state index contributed by atoms with van der Waals surface area (Å²) in [6, 6.07) is 12.4. The molecule has 0 spiro atoms. The maximum Gasteiger partial charge on any atom is 0.408 e. The number of benzene rings is 2. The summed E-state index contributed by atoms with van der Waals surface area (Å²) >= 11 is 0. The largest absolute Gasteiger partial charge is 0.480 e. The maximum absolute atomic E-state index is 11.8. The average molecular weight is 385 g/mol. The van der Waals surface area contributed by atoms with Gasteiger partial charge < -0.3 is 19.9 Å². The fraction of sp³-hybridized carbons (Fsp3) is 0.286. The lowest BCUT2D eigenvalue weighted by atomic mass is 10.1. The summed E-state index contributed by atoms with van der Waals surface area (Å²) in [5, 5.41) is 11.7. The van der Waals surface area contributed by atoms with E-state index < -0.39 is 23.7 Å². The van der Waals surface area contributed by atoms with Crippen molar-refractivity contribution in [1.29, 1.82) is 0 Å². The Hall–Kier alpha value is -3.35. The minimum absolute atomic E-state index is 0.0831. The number of nitrogens with one attached hydrogen (secondary N) is 1. The van der Waals surface area contributed by atoms with Gasteiger partial charge in [-0.1, -0.05) is 24.3 Å². The van der Waals surface area contributed by atoms with Crippen LogP contribution in [0.4, 0.5) is 4.79 Å². The molecule has 2 rings (SSSR count). The zero-order valence-corrected chi connectivity index (χ0v) is 16.0. The Morgan fingerprint density at radius 3 is 2.32 bits per heavy atom. The second-order valence-electron chi connectivity index (χ2n) is 7.14. The number of alkyl carbamates (subject to hydrolysis) is 1. The SMILES string of the molecule is CC(C)(C)OC(=O)N[C@@H](Cc1ccc(Oc2ccccc2C=O)cc1)C(=O)O. The van der Waals surface area contributed by atoms with E-state index in [2.05, 4.69) is 5.32 Å². The van der Waals surface area contributed by atoms with Crippen LogP contribution < -0.4 is 10.1 Å². The Balaban J connectivity index is 2.04. The van der Waals surface area contributed by atoms with Gasteiger partial charge in [0.1, 0.15) is 23.1 Å². The van der Waals surface area contributed by atoms with E-state index in [0.717, 1.165) is 0 Å². The molecule has 2 N–H and O–H groups in total. The number of carboxylic acid groups (broad SMARTS) is 1. The van der Waals surface area contributed by atoms with Crippen LogP contribution in [-0.2, 0) is 16.0 Å². The highest BCUT2D eigenvalue weighted by Crippen LogP contribution is 2.24. The van der Waals surface area contributed by atoms with Gasteiger partial charge in [0.15, 0.2) is 6.29 Å². The number of ether oxygens (including phenoxy) is 2. The molecule has 0 aliphatic rings. The van der Waals surface area contributed by atoms with Gasteiger partial charge in [0.25, 0.3) is 0 Å². The molecule has 0 bridgehead atoms. The first-order chi connectivity index (χ1) is 13.2. The molecule has 0 saturated carbocycles. The number of aldehydes is 1. The number of amides is 1. The molecule has 28 heavy (non-hydrogen) atoms. The standard InChI is InChI=1S/C21H23NO6/c1-21(2,3)28-20(26)22-17(19(24)25)12-14-8-10-16(11-9-14)27-18-7-5-4-6-15(18)13-23/h4-11,13,17H,12H2,1-3H3,(H,22,26)(H,24,25)/t17-/m0/s1. The first kappa shape index (κ1) is 21.0. The molecule has 1 amide bonds. The lowest BCUT2D eigenvalue weighted by Crippen LogP contribution is -2.44. The minimum atomic E-state index is -1.16. The van der Waals surface area contributed by atoms with E-state index in [0.29, 0.717) is 28.9 Å². The van der Waals surface area contributed by atoms with Crippen LogP contribution in [0.5, 0.6) is 11.5 Å². The van der Waals surface area contributed by atoms with Gasteiger partial charge in [-0.3, -0.25) is 4.79 Å². The molecule has 0 saturated heterocycles. The van der Waals surface area contributed by atoms with E-state index in [9.17, 15) is 19.5 Å². The molecule has 2 aromatic rings. The highest BCUT2D eigenvalue weighted by Gasteiger charge is 2.24. The van der Waals surface area contributed by atoms with Crippen molar-refractivity contribution in [2.24, 2.45) is 0 Å². The van der Waals surface area contributed by atoms with Crippen LogP contribution >= 0.6 is 0 Å². The highest BCUT2D eigenvalue weighted by atomic mass is 16.6. The van der Waals surface area contributed by atoms with Gasteiger partial charge in [0.05, 0.1) is 5.56 Å². The van der Waals surface area contributed by atoms with Crippen molar-refractivity contribution in [2.75, 3.05) is 0 Å². The molecule has 7 heteroatoms. The van der Waals surface area contributed by atoms with Crippen molar-refractivity contribution >= 4 is 18.3 Å². The molecule has 7 nitrogen and oxygen atoms in total. The fourth-order valence-electron chi connectivity index (χ4n) is 2.38. The van der Waals surface area contributed by atoms with Crippen molar-refractivity contribution in [3.63, 3.8) is 0 Å². The summed E-state index contributed by atoms with van der Waals surface area (Å²) < 4.78 is 10.8. The maximum atomic E-state index is 11.8. The number of rotatable bonds is 7.